The van der Waals surface area contributed by atoms with Gasteiger partial charge in [0.1, 0.15) is 5.60 Å². The number of aliphatic imine (C=N–C) groups is 1. The summed E-state index contributed by atoms with van der Waals surface area (Å²) in [5, 5.41) is 0. The monoisotopic (exact) mass is 185 g/mol. The SMILES string of the molecule is CCC(C)C(CC)(OC)/C(C)=N\C. The van der Waals surface area contributed by atoms with Gasteiger partial charge in [-0.25, -0.2) is 0 Å². The zero-order valence-electron chi connectivity index (χ0n) is 9.85. The molecule has 0 rings (SSSR count). The average Bonchev–Trinajstić information content (AvgIpc) is 2.19. The van der Waals surface area contributed by atoms with Crippen LogP contribution in [0.2, 0.25) is 0 Å². The van der Waals surface area contributed by atoms with E-state index in [9.17, 15) is 0 Å². The molecular weight excluding hydrogens is 162 g/mol. The van der Waals surface area contributed by atoms with Crippen molar-refractivity contribution in [3.63, 3.8) is 0 Å². The first kappa shape index (κ1) is 12.6. The molecule has 2 atom stereocenters. The molecule has 0 heterocycles. The van der Waals surface area contributed by atoms with Gasteiger partial charge in [-0.05, 0) is 19.3 Å². The van der Waals surface area contributed by atoms with Gasteiger partial charge in [0.15, 0.2) is 0 Å². The largest absolute Gasteiger partial charge is 0.372 e. The summed E-state index contributed by atoms with van der Waals surface area (Å²) in [7, 11) is 3.62. The number of methoxy groups -OCH3 is 1. The Bertz CT molecular complexity index is 171. The molecule has 2 heteroatoms. The van der Waals surface area contributed by atoms with Crippen LogP contribution in [0.4, 0.5) is 0 Å². The van der Waals surface area contributed by atoms with Crippen LogP contribution in [0.5, 0.6) is 0 Å². The van der Waals surface area contributed by atoms with Gasteiger partial charge in [-0.3, -0.25) is 4.99 Å². The predicted octanol–water partition coefficient (Wildman–Crippen LogP) is 2.92. The molecule has 0 N–H and O–H groups in total. The first-order chi connectivity index (χ1) is 6.08. The fourth-order valence-electron chi connectivity index (χ4n) is 1.97. The lowest BCUT2D eigenvalue weighted by Crippen LogP contribution is -2.44. The normalized spacial score (nSPS) is 19.7. The summed E-state index contributed by atoms with van der Waals surface area (Å²) >= 11 is 0. The molecule has 0 bridgehead atoms. The number of hydrogen-bond donors (Lipinski definition) is 0. The van der Waals surface area contributed by atoms with Crippen LogP contribution >= 0.6 is 0 Å². The number of rotatable bonds is 5. The topological polar surface area (TPSA) is 21.6 Å². The molecule has 0 aromatic carbocycles. The summed E-state index contributed by atoms with van der Waals surface area (Å²) in [5.41, 5.74) is 0.954. The summed E-state index contributed by atoms with van der Waals surface area (Å²) in [6.45, 7) is 8.63. The van der Waals surface area contributed by atoms with Crippen LogP contribution in [0.25, 0.3) is 0 Å². The lowest BCUT2D eigenvalue weighted by Gasteiger charge is -2.36. The van der Waals surface area contributed by atoms with Crippen molar-refractivity contribution >= 4 is 5.71 Å². The Hall–Kier alpha value is -0.370. The maximum atomic E-state index is 5.66. The Balaban J connectivity index is 4.90. The Morgan fingerprint density at radius 3 is 2.23 bits per heavy atom. The van der Waals surface area contributed by atoms with Crippen LogP contribution in [-0.2, 0) is 4.74 Å². The molecule has 0 aromatic rings. The van der Waals surface area contributed by atoms with E-state index in [1.54, 1.807) is 7.11 Å². The van der Waals surface area contributed by atoms with Crippen LogP contribution < -0.4 is 0 Å². The highest BCUT2D eigenvalue weighted by molar-refractivity contribution is 5.90. The van der Waals surface area contributed by atoms with Gasteiger partial charge >= 0.3 is 0 Å². The lowest BCUT2D eigenvalue weighted by atomic mass is 9.81. The molecule has 0 fully saturated rings. The lowest BCUT2D eigenvalue weighted by molar-refractivity contribution is 0.000791. The van der Waals surface area contributed by atoms with Gasteiger partial charge in [0.25, 0.3) is 0 Å². The number of nitrogens with zero attached hydrogens (tertiary/aromatic N) is 1. The second-order valence-electron chi connectivity index (χ2n) is 3.57. The van der Waals surface area contributed by atoms with Crippen molar-refractivity contribution in [2.45, 2.75) is 46.1 Å². The molecule has 2 nitrogen and oxygen atoms in total. The molecule has 13 heavy (non-hydrogen) atoms. The van der Waals surface area contributed by atoms with Crippen molar-refractivity contribution in [2.24, 2.45) is 10.9 Å². The number of ether oxygens (including phenoxy) is 1. The van der Waals surface area contributed by atoms with Crippen molar-refractivity contribution in [3.8, 4) is 0 Å². The molecule has 0 amide bonds. The maximum absolute atomic E-state index is 5.66. The standard InChI is InChI=1S/C11H23NO/c1-7-9(3)11(8-2,13-6)10(4)12-5/h9H,7-8H2,1-6H3/b12-10-. The summed E-state index contributed by atoms with van der Waals surface area (Å²) in [4.78, 5) is 4.26. The van der Waals surface area contributed by atoms with Crippen molar-refractivity contribution in [1.29, 1.82) is 0 Å². The third kappa shape index (κ3) is 2.31. The van der Waals surface area contributed by atoms with Gasteiger partial charge < -0.3 is 4.74 Å². The summed E-state index contributed by atoms with van der Waals surface area (Å²) in [6, 6.07) is 0. The smallest absolute Gasteiger partial charge is 0.107 e. The van der Waals surface area contributed by atoms with E-state index in [2.05, 4.69) is 32.7 Å². The van der Waals surface area contributed by atoms with Gasteiger partial charge in [0.05, 0.1) is 0 Å². The van der Waals surface area contributed by atoms with E-state index in [4.69, 9.17) is 4.74 Å². The van der Waals surface area contributed by atoms with Gasteiger partial charge in [-0.1, -0.05) is 27.2 Å². The van der Waals surface area contributed by atoms with E-state index in [0.717, 1.165) is 18.6 Å². The minimum Gasteiger partial charge on any atom is -0.372 e. The molecular formula is C11H23NO. The summed E-state index contributed by atoms with van der Waals surface area (Å²) in [5.74, 6) is 0.520. The van der Waals surface area contributed by atoms with Crippen molar-refractivity contribution < 1.29 is 4.74 Å². The van der Waals surface area contributed by atoms with Gasteiger partial charge in [0.2, 0.25) is 0 Å². The summed E-state index contributed by atoms with van der Waals surface area (Å²) < 4.78 is 5.66. The minimum absolute atomic E-state index is 0.149. The predicted molar refractivity (Wildman–Crippen MR) is 58.5 cm³/mol. The molecule has 0 aromatic heterocycles. The van der Waals surface area contributed by atoms with E-state index in [0.29, 0.717) is 5.92 Å². The first-order valence-electron chi connectivity index (χ1n) is 5.08. The average molecular weight is 185 g/mol. The van der Waals surface area contributed by atoms with Crippen molar-refractivity contribution in [2.75, 3.05) is 14.2 Å². The molecule has 0 saturated carbocycles. The van der Waals surface area contributed by atoms with Gasteiger partial charge in [-0.15, -0.1) is 0 Å². The molecule has 0 aliphatic rings. The summed E-state index contributed by atoms with van der Waals surface area (Å²) in [6.07, 6.45) is 2.11. The van der Waals surface area contributed by atoms with E-state index in [-0.39, 0.29) is 5.60 Å². The Morgan fingerprint density at radius 2 is 2.00 bits per heavy atom. The molecule has 2 unspecified atom stereocenters. The van der Waals surface area contributed by atoms with Crippen LogP contribution in [0.15, 0.2) is 4.99 Å². The number of hydrogen-bond acceptors (Lipinski definition) is 2. The van der Waals surface area contributed by atoms with Crippen LogP contribution in [-0.4, -0.2) is 25.5 Å². The molecule has 0 aliphatic heterocycles. The minimum atomic E-state index is -0.149. The molecule has 0 aliphatic carbocycles. The fraction of sp³-hybridized carbons (Fsp3) is 0.909. The fourth-order valence-corrected chi connectivity index (χ4v) is 1.97. The molecule has 0 saturated heterocycles. The van der Waals surface area contributed by atoms with E-state index in [1.807, 2.05) is 7.05 Å². The second-order valence-corrected chi connectivity index (χ2v) is 3.57. The van der Waals surface area contributed by atoms with E-state index in [1.165, 1.54) is 0 Å². The third-order valence-corrected chi connectivity index (χ3v) is 3.25. The Labute approximate surface area is 82.4 Å². The van der Waals surface area contributed by atoms with E-state index < -0.39 is 0 Å². The maximum Gasteiger partial charge on any atom is 0.107 e. The third-order valence-electron chi connectivity index (χ3n) is 3.25. The highest BCUT2D eigenvalue weighted by Crippen LogP contribution is 2.29. The highest BCUT2D eigenvalue weighted by Gasteiger charge is 2.36. The zero-order chi connectivity index (χ0) is 10.5. The molecule has 0 radical (unpaired) electrons. The highest BCUT2D eigenvalue weighted by atomic mass is 16.5. The second kappa shape index (κ2) is 5.38. The van der Waals surface area contributed by atoms with Crippen molar-refractivity contribution in [3.05, 3.63) is 0 Å². The first-order valence-corrected chi connectivity index (χ1v) is 5.08. The van der Waals surface area contributed by atoms with Gasteiger partial charge in [0, 0.05) is 19.9 Å². The molecule has 0 spiro atoms. The zero-order valence-corrected chi connectivity index (χ0v) is 9.85. The van der Waals surface area contributed by atoms with Gasteiger partial charge in [-0.2, -0.15) is 0 Å². The Kier molecular flexibility index (Phi) is 5.23. The van der Waals surface area contributed by atoms with Crippen LogP contribution in [0.3, 0.4) is 0 Å². The van der Waals surface area contributed by atoms with Crippen LogP contribution in [0, 0.1) is 5.92 Å². The van der Waals surface area contributed by atoms with Crippen molar-refractivity contribution in [1.82, 2.24) is 0 Å². The van der Waals surface area contributed by atoms with Crippen LogP contribution in [0.1, 0.15) is 40.5 Å². The Morgan fingerprint density at radius 1 is 1.46 bits per heavy atom. The molecule has 78 valence electrons. The van der Waals surface area contributed by atoms with E-state index >= 15 is 0 Å². The quantitative estimate of drug-likeness (QED) is 0.603.